The number of anilines is 5. The highest BCUT2D eigenvalue weighted by atomic mass is 19.1. The van der Waals surface area contributed by atoms with Gasteiger partial charge in [-0.1, -0.05) is 19.8 Å². The maximum atomic E-state index is 15.4. The quantitative estimate of drug-likeness (QED) is 0.175. The van der Waals surface area contributed by atoms with Crippen LogP contribution in [0.4, 0.5) is 37.6 Å². The molecule has 346 valence electrons. The van der Waals surface area contributed by atoms with Crippen molar-refractivity contribution in [3.63, 3.8) is 0 Å². The molecule has 6 fully saturated rings. The van der Waals surface area contributed by atoms with Crippen LogP contribution in [0.5, 0.6) is 5.75 Å². The van der Waals surface area contributed by atoms with Crippen molar-refractivity contribution >= 4 is 52.5 Å². The second-order valence-electron chi connectivity index (χ2n) is 19.0. The Morgan fingerprint density at radius 2 is 1.86 bits per heavy atom. The first-order chi connectivity index (χ1) is 31.4. The van der Waals surface area contributed by atoms with E-state index in [4.69, 9.17) is 14.5 Å². The van der Waals surface area contributed by atoms with Gasteiger partial charge in [0.25, 0.3) is 5.91 Å². The van der Waals surface area contributed by atoms with E-state index in [1.807, 2.05) is 11.8 Å². The molecule has 4 amide bonds. The Morgan fingerprint density at radius 1 is 1.08 bits per heavy atom. The van der Waals surface area contributed by atoms with Crippen molar-refractivity contribution in [1.29, 1.82) is 0 Å². The highest BCUT2D eigenvalue weighted by Crippen LogP contribution is 2.63. The van der Waals surface area contributed by atoms with E-state index in [1.54, 1.807) is 36.3 Å². The number of aliphatic hydroxyl groups excluding tert-OH is 1. The summed E-state index contributed by atoms with van der Waals surface area (Å²) in [4.78, 5) is 69.4. The van der Waals surface area contributed by atoms with Gasteiger partial charge in [0.05, 0.1) is 37.1 Å². The summed E-state index contributed by atoms with van der Waals surface area (Å²) in [6, 6.07) is 7.69. The zero-order valence-corrected chi connectivity index (χ0v) is 37.1. The number of likely N-dealkylation sites (tertiary alicyclic amines) is 1. The third-order valence-corrected chi connectivity index (χ3v) is 15.7. The lowest BCUT2D eigenvalue weighted by atomic mass is 9.72. The Hall–Kier alpha value is -5.46. The number of likely N-dealkylation sites (N-methyl/N-ethyl adjacent to an activating group) is 1. The SMILES string of the molecule is CC[C@@H]1C(=O)N(C)c2cnc(Nc3ccc(C(=O)NC4(CCO)C5CN(C[C@@H]6CCN(c7cc(F)c(C8CCC(=O)NC8=O)c(F)c7)C6)C6(C5)OCC46)cc3OC)nc2N1C1CCCC1. The van der Waals surface area contributed by atoms with E-state index < -0.39 is 40.6 Å². The molecule has 65 heavy (non-hydrogen) atoms. The van der Waals surface area contributed by atoms with Crippen LogP contribution in [0.25, 0.3) is 0 Å². The number of piperidine rings is 2. The van der Waals surface area contributed by atoms with Crippen molar-refractivity contribution in [2.75, 3.05) is 73.6 Å². The van der Waals surface area contributed by atoms with Crippen LogP contribution in [0, 0.1) is 29.4 Å². The molecular weight excluding hydrogens is 841 g/mol. The van der Waals surface area contributed by atoms with Gasteiger partial charge in [0, 0.05) is 75.0 Å². The van der Waals surface area contributed by atoms with Crippen molar-refractivity contribution in [3.8, 4) is 5.75 Å². The number of hydrogen-bond donors (Lipinski definition) is 4. The second kappa shape index (κ2) is 16.8. The number of amides is 4. The van der Waals surface area contributed by atoms with E-state index in [0.29, 0.717) is 86.4 Å². The fourth-order valence-electron chi connectivity index (χ4n) is 12.4. The molecule has 3 aromatic rings. The van der Waals surface area contributed by atoms with Crippen LogP contribution in [0.15, 0.2) is 36.5 Å². The summed E-state index contributed by atoms with van der Waals surface area (Å²) in [6.07, 6.45) is 8.57. The molecule has 1 spiro atoms. The number of hydrogen-bond acceptors (Lipinski definition) is 13. The van der Waals surface area contributed by atoms with E-state index in [9.17, 15) is 24.3 Å². The van der Waals surface area contributed by atoms with Gasteiger partial charge >= 0.3 is 0 Å². The normalized spacial score (nSPS) is 29.8. The average Bonchev–Trinajstić information content (AvgIpc) is 4.09. The highest BCUT2D eigenvalue weighted by Gasteiger charge is 2.74. The molecule has 5 unspecified atom stereocenters. The summed E-state index contributed by atoms with van der Waals surface area (Å²) in [7, 11) is 3.31. The van der Waals surface area contributed by atoms with Crippen molar-refractivity contribution < 1.29 is 42.5 Å². The first-order valence-corrected chi connectivity index (χ1v) is 23.2. The predicted molar refractivity (Wildman–Crippen MR) is 236 cm³/mol. The molecule has 7 atom stereocenters. The van der Waals surface area contributed by atoms with Gasteiger partial charge in [-0.15, -0.1) is 0 Å². The number of benzene rings is 2. The van der Waals surface area contributed by atoms with E-state index in [-0.39, 0.29) is 66.7 Å². The minimum absolute atomic E-state index is 0.0149. The molecular formula is C47H57F2N9O7. The van der Waals surface area contributed by atoms with Gasteiger partial charge in [0.15, 0.2) is 5.82 Å². The average molecular weight is 898 g/mol. The summed E-state index contributed by atoms with van der Waals surface area (Å²) >= 11 is 0. The molecule has 6 heterocycles. The molecule has 7 aliphatic rings. The number of ether oxygens (including phenoxy) is 2. The van der Waals surface area contributed by atoms with Gasteiger partial charge in [0.2, 0.25) is 23.7 Å². The molecule has 2 bridgehead atoms. The van der Waals surface area contributed by atoms with Crippen LogP contribution in [-0.4, -0.2) is 121 Å². The number of carbonyl (C=O) groups is 4. The molecule has 5 aliphatic heterocycles. The fraction of sp³-hybridized carbons (Fsp3) is 0.574. The smallest absolute Gasteiger partial charge is 0.251 e. The molecule has 4 N–H and O–H groups in total. The summed E-state index contributed by atoms with van der Waals surface area (Å²) < 4.78 is 43.1. The number of nitrogens with zero attached hydrogens (tertiary/aromatic N) is 6. The Kier molecular flexibility index (Phi) is 11.2. The second-order valence-corrected chi connectivity index (χ2v) is 19.0. The van der Waals surface area contributed by atoms with Crippen molar-refractivity contribution in [2.45, 2.75) is 100 Å². The van der Waals surface area contributed by atoms with Crippen LogP contribution in [0.1, 0.15) is 93.0 Å². The molecule has 4 saturated heterocycles. The molecule has 18 heteroatoms. The number of nitrogens with one attached hydrogen (secondary N) is 3. The maximum Gasteiger partial charge on any atom is 0.251 e. The highest BCUT2D eigenvalue weighted by molar-refractivity contribution is 6.04. The molecule has 2 saturated carbocycles. The number of rotatable bonds is 13. The summed E-state index contributed by atoms with van der Waals surface area (Å²) in [6.45, 7) is 4.92. The lowest BCUT2D eigenvalue weighted by Gasteiger charge is -2.59. The number of fused-ring (bicyclic) bond motifs is 2. The maximum absolute atomic E-state index is 15.4. The number of aromatic nitrogens is 2. The Morgan fingerprint density at radius 3 is 2.55 bits per heavy atom. The topological polar surface area (TPSA) is 182 Å². The van der Waals surface area contributed by atoms with Crippen molar-refractivity contribution in [2.24, 2.45) is 17.8 Å². The predicted octanol–water partition coefficient (Wildman–Crippen LogP) is 4.59. The van der Waals surface area contributed by atoms with Gasteiger partial charge < -0.3 is 39.9 Å². The molecule has 1 aromatic heterocycles. The van der Waals surface area contributed by atoms with Crippen LogP contribution in [-0.2, 0) is 19.1 Å². The zero-order valence-electron chi connectivity index (χ0n) is 37.1. The van der Waals surface area contributed by atoms with Crippen LogP contribution in [0.2, 0.25) is 0 Å². The number of imide groups is 1. The van der Waals surface area contributed by atoms with Gasteiger partial charge in [-0.3, -0.25) is 29.4 Å². The lowest BCUT2D eigenvalue weighted by Crippen LogP contribution is -2.73. The van der Waals surface area contributed by atoms with Gasteiger partial charge in [-0.05, 0) is 87.1 Å². The molecule has 0 radical (unpaired) electrons. The Bertz CT molecular complexity index is 2400. The molecule has 2 aromatic carbocycles. The Labute approximate surface area is 376 Å². The number of halogens is 2. The number of carbonyl (C=O) groups excluding carboxylic acids is 4. The first-order valence-electron chi connectivity index (χ1n) is 23.2. The molecule has 2 aliphatic carbocycles. The lowest BCUT2D eigenvalue weighted by molar-refractivity contribution is -0.285. The zero-order chi connectivity index (χ0) is 45.4. The van der Waals surface area contributed by atoms with E-state index in [0.717, 1.165) is 37.9 Å². The van der Waals surface area contributed by atoms with Crippen LogP contribution in [0.3, 0.4) is 0 Å². The molecule has 10 rings (SSSR count). The van der Waals surface area contributed by atoms with Crippen molar-refractivity contribution in [1.82, 2.24) is 25.5 Å². The summed E-state index contributed by atoms with van der Waals surface area (Å²) in [5.74, 6) is -2.37. The molecule has 16 nitrogen and oxygen atoms in total. The van der Waals surface area contributed by atoms with Crippen LogP contribution >= 0.6 is 0 Å². The third-order valence-electron chi connectivity index (χ3n) is 15.7. The number of aliphatic hydroxyl groups is 1. The van der Waals surface area contributed by atoms with Gasteiger partial charge in [0.1, 0.15) is 34.8 Å². The minimum atomic E-state index is -1.05. The van der Waals surface area contributed by atoms with Crippen molar-refractivity contribution in [3.05, 3.63) is 59.3 Å². The largest absolute Gasteiger partial charge is 0.495 e. The summed E-state index contributed by atoms with van der Waals surface area (Å²) in [5.41, 5.74) is 0.464. The Balaban J connectivity index is 0.811. The fourth-order valence-corrected chi connectivity index (χ4v) is 12.4. The van der Waals surface area contributed by atoms with Gasteiger partial charge in [-0.25, -0.2) is 13.8 Å². The number of methoxy groups -OCH3 is 1. The first kappa shape index (κ1) is 43.4. The van der Waals surface area contributed by atoms with Crippen LogP contribution < -0.4 is 35.4 Å². The third kappa shape index (κ3) is 7.17. The van der Waals surface area contributed by atoms with E-state index in [1.165, 1.54) is 19.2 Å². The monoisotopic (exact) mass is 897 g/mol. The summed E-state index contributed by atoms with van der Waals surface area (Å²) in [5, 5.41) is 19.3. The standard InChI is InChI=1S/C47H57F2N9O7/c1-4-35-44(63)55(2)36-21-50-45(53-41(36)58(35)29-7-5-6-8-29)51-34-11-9-27(17-37(34)64-3)42(61)54-46(14-16-59)28-20-47(38(46)25-65-47)57(24-28)23-26-13-15-56(22-26)30-18-32(48)40(33(49)19-30)31-10-12-39(60)52-43(31)62/h9,11,17-19,21,26,28-29,31,35,38,59H,4-8,10,12-16,20,22-25H2,1-3H3,(H,54,61)(H,50,51,53)(H,52,60,62)/t26-,28?,31?,35-,38?,46?,47?/m1/s1. The van der Waals surface area contributed by atoms with E-state index >= 15 is 8.78 Å². The van der Waals surface area contributed by atoms with E-state index in [2.05, 4.69) is 30.7 Å². The van der Waals surface area contributed by atoms with Gasteiger partial charge in [-0.2, -0.15) is 4.98 Å². The minimum Gasteiger partial charge on any atom is -0.495 e.